The second-order valence-electron chi connectivity index (χ2n) is 4.45. The number of rotatable bonds is 4. The van der Waals surface area contributed by atoms with Gasteiger partial charge in [-0.15, -0.1) is 0 Å². The Morgan fingerprint density at radius 2 is 1.83 bits per heavy atom. The molecule has 0 aliphatic carbocycles. The molecule has 0 saturated heterocycles. The van der Waals surface area contributed by atoms with E-state index in [1.807, 2.05) is 26.0 Å². The van der Waals surface area contributed by atoms with Crippen molar-refractivity contribution >= 4 is 18.2 Å². The van der Waals surface area contributed by atoms with Crippen molar-refractivity contribution in [1.82, 2.24) is 0 Å². The number of nitrogens with one attached hydrogen (secondary N) is 1. The van der Waals surface area contributed by atoms with E-state index >= 15 is 0 Å². The minimum atomic E-state index is 0.444. The largest absolute Gasteiger partial charge is 0.328 e. The standard InChI is InChI=1S/C14H19NO.C2H6/c1-10(2)8-13-12(11(3)4)6-5-7-14(13)15-9-16;1-2/h5-9,11H,1-4H3,(H,15,16);1-2H3. The average molecular weight is 247 g/mol. The van der Waals surface area contributed by atoms with Gasteiger partial charge in [0.25, 0.3) is 0 Å². The Balaban J connectivity index is 0.00000137. The van der Waals surface area contributed by atoms with E-state index in [2.05, 4.69) is 45.2 Å². The van der Waals surface area contributed by atoms with E-state index in [0.717, 1.165) is 17.7 Å². The number of benzene rings is 1. The first-order valence-electron chi connectivity index (χ1n) is 6.54. The molecule has 0 atom stereocenters. The molecule has 0 aromatic heterocycles. The Morgan fingerprint density at radius 3 is 2.28 bits per heavy atom. The van der Waals surface area contributed by atoms with Gasteiger partial charge in [-0.1, -0.05) is 51.5 Å². The maximum absolute atomic E-state index is 10.6. The Morgan fingerprint density at radius 1 is 1.22 bits per heavy atom. The van der Waals surface area contributed by atoms with Crippen LogP contribution in [0.15, 0.2) is 23.8 Å². The van der Waals surface area contributed by atoms with E-state index in [1.54, 1.807) is 0 Å². The third kappa shape index (κ3) is 4.74. The van der Waals surface area contributed by atoms with Crippen LogP contribution in [-0.2, 0) is 4.79 Å². The second-order valence-corrected chi connectivity index (χ2v) is 4.45. The van der Waals surface area contributed by atoms with Crippen LogP contribution in [0, 0.1) is 0 Å². The lowest BCUT2D eigenvalue weighted by atomic mass is 9.94. The van der Waals surface area contributed by atoms with E-state index in [9.17, 15) is 4.79 Å². The fraction of sp³-hybridized carbons (Fsp3) is 0.438. The third-order valence-corrected chi connectivity index (χ3v) is 2.41. The predicted molar refractivity (Wildman–Crippen MR) is 80.9 cm³/mol. The number of carbonyl (C=O) groups excluding carboxylic acids is 1. The van der Waals surface area contributed by atoms with Crippen molar-refractivity contribution in [3.05, 3.63) is 34.9 Å². The first kappa shape index (κ1) is 16.4. The highest BCUT2D eigenvalue weighted by Gasteiger charge is 2.08. The molecule has 1 aromatic rings. The van der Waals surface area contributed by atoms with Gasteiger partial charge in [0, 0.05) is 11.3 Å². The summed E-state index contributed by atoms with van der Waals surface area (Å²) in [6.07, 6.45) is 2.84. The van der Waals surface area contributed by atoms with Crippen LogP contribution in [0.2, 0.25) is 0 Å². The Hall–Kier alpha value is -1.57. The highest BCUT2D eigenvalue weighted by Crippen LogP contribution is 2.28. The predicted octanol–water partition coefficient (Wildman–Crippen LogP) is 4.83. The number of hydrogen-bond acceptors (Lipinski definition) is 1. The molecule has 0 spiro atoms. The molecule has 0 bridgehead atoms. The number of hydrogen-bond donors (Lipinski definition) is 1. The summed E-state index contributed by atoms with van der Waals surface area (Å²) in [6.45, 7) is 12.4. The molecule has 0 fully saturated rings. The van der Waals surface area contributed by atoms with Gasteiger partial charge in [0.2, 0.25) is 6.41 Å². The lowest BCUT2D eigenvalue weighted by Gasteiger charge is -2.14. The second kappa shape index (κ2) is 8.51. The molecule has 0 heterocycles. The molecule has 0 radical (unpaired) electrons. The first-order valence-corrected chi connectivity index (χ1v) is 6.54. The fourth-order valence-corrected chi connectivity index (χ4v) is 1.73. The number of anilines is 1. The Kier molecular flexibility index (Phi) is 7.77. The fourth-order valence-electron chi connectivity index (χ4n) is 1.73. The van der Waals surface area contributed by atoms with E-state index in [0.29, 0.717) is 5.92 Å². The van der Waals surface area contributed by atoms with Gasteiger partial charge < -0.3 is 5.32 Å². The molecule has 0 aliphatic heterocycles. The number of allylic oxidation sites excluding steroid dienone is 1. The van der Waals surface area contributed by atoms with Crippen LogP contribution in [-0.4, -0.2) is 6.41 Å². The summed E-state index contributed by atoms with van der Waals surface area (Å²) >= 11 is 0. The molecule has 18 heavy (non-hydrogen) atoms. The smallest absolute Gasteiger partial charge is 0.211 e. The minimum absolute atomic E-state index is 0.444. The van der Waals surface area contributed by atoms with E-state index in [1.165, 1.54) is 11.1 Å². The van der Waals surface area contributed by atoms with E-state index < -0.39 is 0 Å². The van der Waals surface area contributed by atoms with Crippen LogP contribution in [0.4, 0.5) is 5.69 Å². The molecular weight excluding hydrogens is 222 g/mol. The van der Waals surface area contributed by atoms with Gasteiger partial charge in [-0.25, -0.2) is 0 Å². The van der Waals surface area contributed by atoms with Gasteiger partial charge in [-0.2, -0.15) is 0 Å². The highest BCUT2D eigenvalue weighted by atomic mass is 16.1. The molecular formula is C16H25NO. The van der Waals surface area contributed by atoms with Crippen molar-refractivity contribution in [1.29, 1.82) is 0 Å². The summed E-state index contributed by atoms with van der Waals surface area (Å²) in [5.74, 6) is 0.444. The van der Waals surface area contributed by atoms with Crippen molar-refractivity contribution in [2.24, 2.45) is 0 Å². The zero-order valence-corrected chi connectivity index (χ0v) is 12.4. The van der Waals surface area contributed by atoms with E-state index in [-0.39, 0.29) is 0 Å². The third-order valence-electron chi connectivity index (χ3n) is 2.41. The van der Waals surface area contributed by atoms with Crippen molar-refractivity contribution in [3.8, 4) is 0 Å². The maximum atomic E-state index is 10.6. The van der Waals surface area contributed by atoms with Gasteiger partial charge in [0.1, 0.15) is 0 Å². The number of carbonyl (C=O) groups is 1. The molecule has 2 heteroatoms. The molecule has 0 aliphatic rings. The van der Waals surface area contributed by atoms with Gasteiger partial charge in [-0.05, 0) is 31.4 Å². The summed E-state index contributed by atoms with van der Waals surface area (Å²) in [5.41, 5.74) is 4.47. The molecule has 0 saturated carbocycles. The normalized spacial score (nSPS) is 9.28. The van der Waals surface area contributed by atoms with Gasteiger partial charge in [-0.3, -0.25) is 4.79 Å². The van der Waals surface area contributed by atoms with Gasteiger partial charge in [0.15, 0.2) is 0 Å². The van der Waals surface area contributed by atoms with Crippen LogP contribution in [0.25, 0.3) is 6.08 Å². The van der Waals surface area contributed by atoms with Crippen LogP contribution >= 0.6 is 0 Å². The topological polar surface area (TPSA) is 29.1 Å². The summed E-state index contributed by atoms with van der Waals surface area (Å²) in [6, 6.07) is 6.01. The van der Waals surface area contributed by atoms with Crippen LogP contribution in [0.5, 0.6) is 0 Å². The molecule has 0 unspecified atom stereocenters. The summed E-state index contributed by atoms with van der Waals surface area (Å²) in [4.78, 5) is 10.6. The first-order chi connectivity index (χ1) is 8.56. The minimum Gasteiger partial charge on any atom is -0.328 e. The molecule has 2 nitrogen and oxygen atoms in total. The van der Waals surface area contributed by atoms with Gasteiger partial charge >= 0.3 is 0 Å². The highest BCUT2D eigenvalue weighted by molar-refractivity contribution is 5.80. The monoisotopic (exact) mass is 247 g/mol. The van der Waals surface area contributed by atoms with E-state index in [4.69, 9.17) is 0 Å². The lowest BCUT2D eigenvalue weighted by molar-refractivity contribution is -0.105. The average Bonchev–Trinajstić information content (AvgIpc) is 2.33. The lowest BCUT2D eigenvalue weighted by Crippen LogP contribution is -2.00. The Bertz CT molecular complexity index is 402. The molecule has 1 N–H and O–H groups in total. The van der Waals surface area contributed by atoms with Crippen LogP contribution in [0.3, 0.4) is 0 Å². The molecule has 1 rings (SSSR count). The summed E-state index contributed by atoms with van der Waals surface area (Å²) in [5, 5.41) is 2.75. The number of amides is 1. The SMILES string of the molecule is CC.CC(C)=Cc1c(NC=O)cccc1C(C)C. The Labute approximate surface area is 111 Å². The molecule has 1 aromatic carbocycles. The quantitative estimate of drug-likeness (QED) is 0.759. The maximum Gasteiger partial charge on any atom is 0.211 e. The zero-order chi connectivity index (χ0) is 14.1. The van der Waals surface area contributed by atoms with Crippen molar-refractivity contribution < 1.29 is 4.79 Å². The molecule has 1 amide bonds. The van der Waals surface area contributed by atoms with Crippen molar-refractivity contribution in [2.45, 2.75) is 47.5 Å². The van der Waals surface area contributed by atoms with Crippen molar-refractivity contribution in [2.75, 3.05) is 5.32 Å². The zero-order valence-electron chi connectivity index (χ0n) is 12.4. The summed E-state index contributed by atoms with van der Waals surface area (Å²) in [7, 11) is 0. The van der Waals surface area contributed by atoms with Crippen LogP contribution < -0.4 is 5.32 Å². The van der Waals surface area contributed by atoms with Crippen LogP contribution in [0.1, 0.15) is 58.6 Å². The van der Waals surface area contributed by atoms with Crippen molar-refractivity contribution in [3.63, 3.8) is 0 Å². The van der Waals surface area contributed by atoms with Gasteiger partial charge in [0.05, 0.1) is 0 Å². The summed E-state index contributed by atoms with van der Waals surface area (Å²) < 4.78 is 0. The molecule has 100 valence electrons.